The Labute approximate surface area is 156 Å². The van der Waals surface area contributed by atoms with Crippen LogP contribution >= 0.6 is 22.6 Å². The minimum absolute atomic E-state index is 0.269. The van der Waals surface area contributed by atoms with E-state index in [1.807, 2.05) is 27.7 Å². The second kappa shape index (κ2) is 9.44. The van der Waals surface area contributed by atoms with E-state index in [2.05, 4.69) is 50.3 Å². The lowest BCUT2D eigenvalue weighted by Crippen LogP contribution is -2.48. The van der Waals surface area contributed by atoms with Gasteiger partial charge in [0.1, 0.15) is 5.60 Å². The topological polar surface area (TPSA) is 38.8 Å². The molecule has 0 heterocycles. The normalized spacial score (nSPS) is 15.2. The first-order chi connectivity index (χ1) is 10.3. The Morgan fingerprint density at radius 3 is 2.04 bits per heavy atom. The second-order valence-electron chi connectivity index (χ2n) is 8.59. The molecular weight excluding hydrogens is 405 g/mol. The molecule has 0 saturated carbocycles. The molecule has 0 radical (unpaired) electrons. The van der Waals surface area contributed by atoms with Gasteiger partial charge < -0.3 is 14.4 Å². The molecule has 0 aliphatic rings. The van der Waals surface area contributed by atoms with Crippen molar-refractivity contribution in [1.29, 1.82) is 0 Å². The predicted octanol–water partition coefficient (Wildman–Crippen LogP) is 5.28. The first kappa shape index (κ1) is 23.0. The average Bonchev–Trinajstić information content (AvgIpc) is 2.38. The Balaban J connectivity index is 4.58. The number of hydrogen-bond donors (Lipinski definition) is 0. The van der Waals surface area contributed by atoms with Gasteiger partial charge in [-0.05, 0) is 52.9 Å². The third-order valence-corrected chi connectivity index (χ3v) is 4.98. The fourth-order valence-electron chi connectivity index (χ4n) is 2.08. The summed E-state index contributed by atoms with van der Waals surface area (Å²) in [5.74, 6) is 0. The van der Waals surface area contributed by atoms with E-state index in [9.17, 15) is 4.79 Å². The van der Waals surface area contributed by atoms with Gasteiger partial charge in [-0.3, -0.25) is 0 Å². The Morgan fingerprint density at radius 1 is 1.09 bits per heavy atom. The number of amides is 1. The number of carbonyl (C=O) groups excluding carboxylic acids is 1. The van der Waals surface area contributed by atoms with Crippen LogP contribution < -0.4 is 0 Å². The highest BCUT2D eigenvalue weighted by Crippen LogP contribution is 2.23. The van der Waals surface area contributed by atoms with Gasteiger partial charge in [-0.2, -0.15) is 0 Å². The van der Waals surface area contributed by atoms with Gasteiger partial charge in [0.25, 0.3) is 0 Å². The number of rotatable bonds is 8. The van der Waals surface area contributed by atoms with Gasteiger partial charge in [-0.1, -0.05) is 43.4 Å². The van der Waals surface area contributed by atoms with Gasteiger partial charge in [-0.15, -0.1) is 0 Å². The molecule has 1 amide bonds. The smallest absolute Gasteiger partial charge is 0.410 e. The third kappa shape index (κ3) is 11.2. The summed E-state index contributed by atoms with van der Waals surface area (Å²) in [5.41, 5.74) is -0.486. The van der Waals surface area contributed by atoms with Gasteiger partial charge in [0, 0.05) is 17.6 Å². The fraction of sp³-hybridized carbons (Fsp3) is 0.944. The molecule has 0 rings (SSSR count). The summed E-state index contributed by atoms with van der Waals surface area (Å²) in [5, 5.41) is 0. The van der Waals surface area contributed by atoms with Crippen molar-refractivity contribution in [3.63, 3.8) is 0 Å². The van der Waals surface area contributed by atoms with E-state index in [4.69, 9.17) is 9.47 Å². The molecule has 0 aromatic heterocycles. The number of halogens is 1. The first-order valence-corrected chi connectivity index (χ1v) is 10.0. The van der Waals surface area contributed by atoms with E-state index in [-0.39, 0.29) is 11.7 Å². The maximum atomic E-state index is 12.3. The van der Waals surface area contributed by atoms with Crippen LogP contribution in [0.2, 0.25) is 0 Å². The zero-order valence-electron chi connectivity index (χ0n) is 16.3. The van der Waals surface area contributed by atoms with E-state index in [0.717, 1.165) is 23.9 Å². The van der Waals surface area contributed by atoms with Crippen LogP contribution in [0.15, 0.2) is 0 Å². The molecule has 0 aromatic rings. The molecule has 0 aromatic carbocycles. The van der Waals surface area contributed by atoms with Crippen molar-refractivity contribution in [3.05, 3.63) is 0 Å². The Bertz CT molecular complexity index is 360. The van der Waals surface area contributed by atoms with Crippen LogP contribution in [0.1, 0.15) is 68.2 Å². The molecule has 0 N–H and O–H groups in total. The quantitative estimate of drug-likeness (QED) is 0.292. The van der Waals surface area contributed by atoms with E-state index < -0.39 is 5.60 Å². The second-order valence-corrected chi connectivity index (χ2v) is 9.35. The van der Waals surface area contributed by atoms with Crippen molar-refractivity contribution < 1.29 is 14.3 Å². The van der Waals surface area contributed by atoms with Crippen molar-refractivity contribution in [2.24, 2.45) is 5.41 Å². The molecule has 0 saturated heterocycles. The number of alkyl halides is 1. The predicted molar refractivity (Wildman–Crippen MR) is 105 cm³/mol. The van der Waals surface area contributed by atoms with Crippen LogP contribution in [0, 0.1) is 5.41 Å². The fourth-order valence-corrected chi connectivity index (χ4v) is 2.54. The molecule has 5 heteroatoms. The lowest BCUT2D eigenvalue weighted by atomic mass is 9.91. The zero-order chi connectivity index (χ0) is 18.3. The molecule has 0 aliphatic heterocycles. The molecule has 0 spiro atoms. The maximum absolute atomic E-state index is 12.3. The maximum Gasteiger partial charge on any atom is 0.410 e. The molecule has 23 heavy (non-hydrogen) atoms. The highest BCUT2D eigenvalue weighted by molar-refractivity contribution is 14.1. The van der Waals surface area contributed by atoms with E-state index in [0.29, 0.717) is 18.5 Å². The number of ether oxygens (including phenoxy) is 2. The molecular formula is C18H36INO3. The van der Waals surface area contributed by atoms with E-state index >= 15 is 0 Å². The van der Waals surface area contributed by atoms with Crippen LogP contribution in [0.5, 0.6) is 0 Å². The lowest BCUT2D eigenvalue weighted by molar-refractivity contribution is -0.0437. The first-order valence-electron chi connectivity index (χ1n) is 8.50. The lowest BCUT2D eigenvalue weighted by Gasteiger charge is -2.35. The average molecular weight is 441 g/mol. The SMILES string of the molecule is CCN(CC(C)(CI)OCCCC(C)(C)C)C(=O)OC(C)(C)C. The van der Waals surface area contributed by atoms with Crippen LogP contribution in [0.25, 0.3) is 0 Å². The van der Waals surface area contributed by atoms with Gasteiger partial charge in [0.05, 0.1) is 12.1 Å². The van der Waals surface area contributed by atoms with E-state index in [1.165, 1.54) is 0 Å². The highest BCUT2D eigenvalue weighted by Gasteiger charge is 2.31. The Morgan fingerprint density at radius 2 is 1.65 bits per heavy atom. The summed E-state index contributed by atoms with van der Waals surface area (Å²) in [6, 6.07) is 0. The monoisotopic (exact) mass is 441 g/mol. The summed E-state index contributed by atoms with van der Waals surface area (Å²) in [6.07, 6.45) is 1.90. The molecule has 0 aliphatic carbocycles. The summed E-state index contributed by atoms with van der Waals surface area (Å²) in [7, 11) is 0. The largest absolute Gasteiger partial charge is 0.444 e. The molecule has 1 unspecified atom stereocenters. The number of carbonyl (C=O) groups is 1. The van der Waals surface area contributed by atoms with Gasteiger partial charge >= 0.3 is 6.09 Å². The van der Waals surface area contributed by atoms with Crippen molar-refractivity contribution in [2.45, 2.75) is 79.4 Å². The summed E-state index contributed by atoms with van der Waals surface area (Å²) < 4.78 is 12.4. The van der Waals surface area contributed by atoms with Crippen molar-refractivity contribution in [2.75, 3.05) is 24.1 Å². The van der Waals surface area contributed by atoms with Crippen LogP contribution in [-0.2, 0) is 9.47 Å². The summed E-state index contributed by atoms with van der Waals surface area (Å²) in [6.45, 7) is 18.3. The van der Waals surface area contributed by atoms with Gasteiger partial charge in [-0.25, -0.2) is 4.79 Å². The zero-order valence-corrected chi connectivity index (χ0v) is 18.5. The number of hydrogen-bond acceptors (Lipinski definition) is 3. The van der Waals surface area contributed by atoms with Crippen molar-refractivity contribution in [3.8, 4) is 0 Å². The highest BCUT2D eigenvalue weighted by atomic mass is 127. The van der Waals surface area contributed by atoms with Crippen LogP contribution in [0.4, 0.5) is 4.79 Å². The van der Waals surface area contributed by atoms with Gasteiger partial charge in [0.15, 0.2) is 0 Å². The van der Waals surface area contributed by atoms with Gasteiger partial charge in [0.2, 0.25) is 0 Å². The molecule has 0 bridgehead atoms. The molecule has 0 fully saturated rings. The Hall–Kier alpha value is -0.0400. The molecule has 138 valence electrons. The number of likely N-dealkylation sites (N-methyl/N-ethyl adjacent to an activating group) is 1. The third-order valence-electron chi connectivity index (χ3n) is 3.36. The standard InChI is InChI=1S/C18H36INO3/c1-9-20(15(21)23-17(5,6)7)14-18(8,13-19)22-12-10-11-16(2,3)4/h9-14H2,1-8H3. The van der Waals surface area contributed by atoms with Crippen molar-refractivity contribution >= 4 is 28.7 Å². The summed E-state index contributed by atoms with van der Waals surface area (Å²) in [4.78, 5) is 14.0. The Kier molecular flexibility index (Phi) is 9.43. The van der Waals surface area contributed by atoms with E-state index in [1.54, 1.807) is 4.90 Å². The van der Waals surface area contributed by atoms with Crippen molar-refractivity contribution in [1.82, 2.24) is 4.90 Å². The molecule has 4 nitrogen and oxygen atoms in total. The number of nitrogens with zero attached hydrogens (tertiary/aromatic N) is 1. The summed E-state index contributed by atoms with van der Waals surface area (Å²) >= 11 is 2.33. The molecule has 1 atom stereocenters. The van der Waals surface area contributed by atoms with Crippen LogP contribution in [-0.4, -0.2) is 46.3 Å². The minimum Gasteiger partial charge on any atom is -0.444 e. The minimum atomic E-state index is -0.473. The van der Waals surface area contributed by atoms with Crippen LogP contribution in [0.3, 0.4) is 0 Å².